The average Bonchev–Trinajstić information content (AvgIpc) is 4.04. The minimum absolute atomic E-state index is 0.223. The summed E-state index contributed by atoms with van der Waals surface area (Å²) >= 11 is 0. The fourth-order valence-electron chi connectivity index (χ4n) is 12.1. The number of rotatable bonds is 2. The van der Waals surface area contributed by atoms with Crippen molar-refractivity contribution in [2.24, 2.45) is 0 Å². The van der Waals surface area contributed by atoms with Gasteiger partial charge in [0.05, 0.1) is 33.2 Å². The lowest BCUT2D eigenvalue weighted by Gasteiger charge is -2.30. The van der Waals surface area contributed by atoms with Crippen molar-refractivity contribution < 1.29 is 0 Å². The zero-order chi connectivity index (χ0) is 39.5. The van der Waals surface area contributed by atoms with Crippen LogP contribution in [0, 0.1) is 0 Å². The molecule has 9 aromatic carbocycles. The molecule has 0 unspecified atom stereocenters. The van der Waals surface area contributed by atoms with Crippen LogP contribution in [0.25, 0.3) is 88.4 Å². The molecule has 0 N–H and O–H groups in total. The van der Waals surface area contributed by atoms with Crippen molar-refractivity contribution in [1.29, 1.82) is 0 Å². The molecule has 2 heteroatoms. The maximum absolute atomic E-state index is 2.58. The Balaban J connectivity index is 1.05. The Kier molecular flexibility index (Phi) is 6.07. The largest absolute Gasteiger partial charge is 0.309 e. The van der Waals surface area contributed by atoms with E-state index in [2.05, 4.69) is 217 Å². The van der Waals surface area contributed by atoms with Gasteiger partial charge in [-0.15, -0.1) is 0 Å². The number of para-hydroxylation sites is 3. The zero-order valence-electron chi connectivity index (χ0n) is 33.4. The molecule has 0 radical (unpaired) electrons. The molecule has 0 amide bonds. The third kappa shape index (κ3) is 3.77. The van der Waals surface area contributed by atoms with Crippen LogP contribution in [0.1, 0.15) is 47.2 Å². The smallest absolute Gasteiger partial charge is 0.0726 e. The molecule has 0 bridgehead atoms. The first kappa shape index (κ1) is 32.5. The van der Waals surface area contributed by atoms with Gasteiger partial charge in [-0.1, -0.05) is 153 Å². The van der Waals surface area contributed by atoms with E-state index >= 15 is 0 Å². The molecular formula is C58H38N2. The number of hydrogen-bond acceptors (Lipinski definition) is 0. The number of fused-ring (bicyclic) bond motifs is 19. The zero-order valence-corrected chi connectivity index (χ0v) is 33.4. The van der Waals surface area contributed by atoms with Crippen molar-refractivity contribution in [2.45, 2.75) is 24.7 Å². The maximum atomic E-state index is 2.58. The Morgan fingerprint density at radius 1 is 0.317 bits per heavy atom. The van der Waals surface area contributed by atoms with E-state index in [1.165, 1.54) is 122 Å². The Hall–Kier alpha value is -7.42. The van der Waals surface area contributed by atoms with Gasteiger partial charge in [0.1, 0.15) is 0 Å². The van der Waals surface area contributed by atoms with Crippen molar-refractivity contribution in [2.75, 3.05) is 0 Å². The van der Waals surface area contributed by atoms with Crippen LogP contribution in [-0.4, -0.2) is 9.13 Å². The first-order chi connectivity index (χ1) is 29.5. The predicted octanol–water partition coefficient (Wildman–Crippen LogP) is 14.5. The van der Waals surface area contributed by atoms with Crippen LogP contribution in [0.3, 0.4) is 0 Å². The molecular weight excluding hydrogens is 725 g/mol. The van der Waals surface area contributed by atoms with E-state index in [1.807, 2.05) is 0 Å². The molecule has 60 heavy (non-hydrogen) atoms. The number of nitrogens with zero attached hydrogens (tertiary/aromatic N) is 2. The molecule has 2 aromatic heterocycles. The van der Waals surface area contributed by atoms with Crippen molar-refractivity contribution in [3.8, 4) is 44.8 Å². The molecule has 2 nitrogen and oxygen atoms in total. The van der Waals surface area contributed by atoms with Gasteiger partial charge in [-0.05, 0) is 116 Å². The van der Waals surface area contributed by atoms with Crippen molar-refractivity contribution in [3.05, 3.63) is 228 Å². The van der Waals surface area contributed by atoms with Crippen molar-refractivity contribution >= 4 is 43.6 Å². The summed E-state index contributed by atoms with van der Waals surface area (Å²) in [7, 11) is 0. The molecule has 2 heterocycles. The van der Waals surface area contributed by atoms with Crippen LogP contribution >= 0.6 is 0 Å². The molecule has 14 rings (SSSR count). The minimum atomic E-state index is -0.397. The number of hydrogen-bond donors (Lipinski definition) is 0. The van der Waals surface area contributed by atoms with Gasteiger partial charge in [0.15, 0.2) is 0 Å². The third-order valence-electron chi connectivity index (χ3n) is 14.5. The van der Waals surface area contributed by atoms with E-state index < -0.39 is 5.41 Å². The van der Waals surface area contributed by atoms with E-state index in [-0.39, 0.29) is 5.41 Å². The summed E-state index contributed by atoms with van der Waals surface area (Å²) in [5.41, 5.74) is 23.0. The van der Waals surface area contributed by atoms with Crippen LogP contribution in [0.5, 0.6) is 0 Å². The summed E-state index contributed by atoms with van der Waals surface area (Å²) < 4.78 is 5.03. The number of benzene rings is 9. The lowest BCUT2D eigenvalue weighted by atomic mass is 9.70. The van der Waals surface area contributed by atoms with Gasteiger partial charge in [-0.25, -0.2) is 0 Å². The molecule has 0 saturated heterocycles. The fraction of sp³-hybridized carbons (Fsp3) is 0.0690. The Morgan fingerprint density at radius 3 is 1.40 bits per heavy atom. The van der Waals surface area contributed by atoms with Crippen LogP contribution in [-0.2, 0) is 10.8 Å². The molecule has 1 spiro atoms. The van der Waals surface area contributed by atoms with Gasteiger partial charge in [0.2, 0.25) is 0 Å². The molecule has 280 valence electrons. The van der Waals surface area contributed by atoms with Crippen molar-refractivity contribution in [1.82, 2.24) is 9.13 Å². The van der Waals surface area contributed by atoms with Gasteiger partial charge in [0, 0.05) is 38.2 Å². The fourth-order valence-corrected chi connectivity index (χ4v) is 12.1. The van der Waals surface area contributed by atoms with Crippen LogP contribution in [0.2, 0.25) is 0 Å². The molecule has 0 saturated carbocycles. The third-order valence-corrected chi connectivity index (χ3v) is 14.5. The summed E-state index contributed by atoms with van der Waals surface area (Å²) in [5, 5.41) is 5.14. The van der Waals surface area contributed by atoms with Gasteiger partial charge >= 0.3 is 0 Å². The molecule has 0 fully saturated rings. The second-order valence-corrected chi connectivity index (χ2v) is 17.6. The first-order valence-electron chi connectivity index (χ1n) is 21.2. The highest BCUT2D eigenvalue weighted by Gasteiger charge is 2.52. The van der Waals surface area contributed by atoms with Gasteiger partial charge < -0.3 is 9.13 Å². The molecule has 3 aliphatic rings. The van der Waals surface area contributed by atoms with Crippen LogP contribution < -0.4 is 0 Å². The minimum Gasteiger partial charge on any atom is -0.309 e. The normalized spacial score (nSPS) is 14.8. The SMILES string of the molecule is CC1(C)c2cc3c(cc2-c2cc4c5ccccc5n(-c5cccc6c5-c5ccccc5C65c6ccccc6-c6ccccc65)c4cc21)c1ccccc1n3-c1ccccc1. The Labute approximate surface area is 348 Å². The summed E-state index contributed by atoms with van der Waals surface area (Å²) in [6.45, 7) is 4.85. The lowest BCUT2D eigenvalue weighted by molar-refractivity contribution is 0.661. The van der Waals surface area contributed by atoms with E-state index in [9.17, 15) is 0 Å². The Morgan fingerprint density at radius 2 is 0.783 bits per heavy atom. The van der Waals surface area contributed by atoms with E-state index in [0.29, 0.717) is 0 Å². The summed E-state index contributed by atoms with van der Waals surface area (Å²) in [6.07, 6.45) is 0. The summed E-state index contributed by atoms with van der Waals surface area (Å²) in [4.78, 5) is 0. The van der Waals surface area contributed by atoms with E-state index in [4.69, 9.17) is 0 Å². The van der Waals surface area contributed by atoms with Gasteiger partial charge in [-0.3, -0.25) is 0 Å². The highest BCUT2D eigenvalue weighted by Crippen LogP contribution is 2.64. The second kappa shape index (κ2) is 11.2. The quantitative estimate of drug-likeness (QED) is 0.166. The molecule has 11 aromatic rings. The second-order valence-electron chi connectivity index (χ2n) is 17.6. The first-order valence-corrected chi connectivity index (χ1v) is 21.2. The highest BCUT2D eigenvalue weighted by atomic mass is 15.0. The van der Waals surface area contributed by atoms with Gasteiger partial charge in [-0.2, -0.15) is 0 Å². The lowest BCUT2D eigenvalue weighted by Crippen LogP contribution is -2.25. The Bertz CT molecular complexity index is 3640. The summed E-state index contributed by atoms with van der Waals surface area (Å²) in [6, 6.07) is 73.2. The standard InChI is InChI=1S/C58H38N2/c1-57(2)49-33-54-43(38-21-9-14-28-51(38)59(54)35-17-4-3-5-18-35)31-41(49)42-32-44-39-22-10-15-29-52(39)60(55(44)34-50(42)57)53-30-16-27-48-56(53)40-23-8-13-26-47(40)58(48)45-24-11-6-19-36(45)37-20-7-12-25-46(37)58/h3-34H,1-2H3. The van der Waals surface area contributed by atoms with Crippen LogP contribution in [0.15, 0.2) is 194 Å². The van der Waals surface area contributed by atoms with E-state index in [1.54, 1.807) is 0 Å². The van der Waals surface area contributed by atoms with Gasteiger partial charge in [0.25, 0.3) is 0 Å². The molecule has 0 aliphatic heterocycles. The average molecular weight is 763 g/mol. The number of aromatic nitrogens is 2. The maximum Gasteiger partial charge on any atom is 0.0726 e. The summed E-state index contributed by atoms with van der Waals surface area (Å²) in [5.74, 6) is 0. The van der Waals surface area contributed by atoms with Crippen LogP contribution in [0.4, 0.5) is 0 Å². The molecule has 3 aliphatic carbocycles. The topological polar surface area (TPSA) is 9.86 Å². The highest BCUT2D eigenvalue weighted by molar-refractivity contribution is 6.15. The monoisotopic (exact) mass is 762 g/mol. The predicted molar refractivity (Wildman–Crippen MR) is 249 cm³/mol. The molecule has 0 atom stereocenters. The van der Waals surface area contributed by atoms with Crippen molar-refractivity contribution in [3.63, 3.8) is 0 Å². The van der Waals surface area contributed by atoms with E-state index in [0.717, 1.165) is 0 Å².